The van der Waals surface area contributed by atoms with Crippen LogP contribution in [0.3, 0.4) is 0 Å². The Morgan fingerprint density at radius 1 is 1.24 bits per heavy atom. The Kier molecular flexibility index (Phi) is 3.02. The SMILES string of the molecule is Cc1cc(Cn2nc(C)c(CN)c2C)n(C)n1. The number of hydrogen-bond donors (Lipinski definition) is 1. The number of nitrogens with zero attached hydrogens (tertiary/aromatic N) is 4. The van der Waals surface area contributed by atoms with Gasteiger partial charge in [0, 0.05) is 24.8 Å². The molecule has 0 aliphatic rings. The van der Waals surface area contributed by atoms with Gasteiger partial charge >= 0.3 is 0 Å². The first kappa shape index (κ1) is 11.9. The predicted molar refractivity (Wildman–Crippen MR) is 66.6 cm³/mol. The van der Waals surface area contributed by atoms with Crippen LogP contribution in [0.1, 0.15) is 28.3 Å². The molecule has 0 amide bonds. The fraction of sp³-hybridized carbons (Fsp3) is 0.500. The van der Waals surface area contributed by atoms with Crippen LogP contribution in [0.5, 0.6) is 0 Å². The molecule has 0 aromatic carbocycles. The van der Waals surface area contributed by atoms with Gasteiger partial charge in [0.25, 0.3) is 0 Å². The van der Waals surface area contributed by atoms with Gasteiger partial charge in [0.05, 0.1) is 23.6 Å². The lowest BCUT2D eigenvalue weighted by Gasteiger charge is -2.05. The first-order valence-corrected chi connectivity index (χ1v) is 5.75. The molecular formula is C12H19N5. The number of hydrogen-bond acceptors (Lipinski definition) is 3. The van der Waals surface area contributed by atoms with Crippen LogP contribution in [0.15, 0.2) is 6.07 Å². The van der Waals surface area contributed by atoms with Gasteiger partial charge in [-0.05, 0) is 26.8 Å². The molecule has 2 N–H and O–H groups in total. The highest BCUT2D eigenvalue weighted by Gasteiger charge is 2.11. The van der Waals surface area contributed by atoms with Crippen molar-refractivity contribution in [3.63, 3.8) is 0 Å². The second-order valence-corrected chi connectivity index (χ2v) is 4.41. The standard InChI is InChI=1S/C12H19N5/c1-8-5-11(16(4)14-8)7-17-10(3)12(6-13)9(2)15-17/h5H,6-7,13H2,1-4H3. The lowest BCUT2D eigenvalue weighted by molar-refractivity contribution is 0.603. The van der Waals surface area contributed by atoms with Gasteiger partial charge in [-0.15, -0.1) is 0 Å². The maximum atomic E-state index is 5.72. The van der Waals surface area contributed by atoms with Crippen molar-refractivity contribution in [3.05, 3.63) is 34.4 Å². The van der Waals surface area contributed by atoms with E-state index in [1.807, 2.05) is 30.3 Å². The Hall–Kier alpha value is -1.62. The third-order valence-corrected chi connectivity index (χ3v) is 3.15. The highest BCUT2D eigenvalue weighted by molar-refractivity contribution is 5.25. The summed E-state index contributed by atoms with van der Waals surface area (Å²) in [4.78, 5) is 0. The highest BCUT2D eigenvalue weighted by atomic mass is 15.3. The van der Waals surface area contributed by atoms with Gasteiger partial charge in [-0.3, -0.25) is 9.36 Å². The molecule has 0 fully saturated rings. The Bertz CT molecular complexity index is 535. The molecule has 0 radical (unpaired) electrons. The van der Waals surface area contributed by atoms with Gasteiger partial charge in [-0.25, -0.2) is 0 Å². The minimum Gasteiger partial charge on any atom is -0.326 e. The Morgan fingerprint density at radius 2 is 1.94 bits per heavy atom. The van der Waals surface area contributed by atoms with Crippen LogP contribution in [-0.2, 0) is 20.1 Å². The summed E-state index contributed by atoms with van der Waals surface area (Å²) in [6.07, 6.45) is 0. The molecule has 0 aliphatic carbocycles. The molecule has 0 aliphatic heterocycles. The van der Waals surface area contributed by atoms with E-state index >= 15 is 0 Å². The molecule has 17 heavy (non-hydrogen) atoms. The maximum Gasteiger partial charge on any atom is 0.0831 e. The Balaban J connectivity index is 2.33. The lowest BCUT2D eigenvalue weighted by Crippen LogP contribution is -2.09. The van der Waals surface area contributed by atoms with Crippen LogP contribution < -0.4 is 5.73 Å². The van der Waals surface area contributed by atoms with Crippen LogP contribution in [0.25, 0.3) is 0 Å². The molecule has 2 aromatic rings. The molecule has 92 valence electrons. The molecule has 0 spiro atoms. The third-order valence-electron chi connectivity index (χ3n) is 3.15. The fourth-order valence-electron chi connectivity index (χ4n) is 2.15. The number of nitrogens with two attached hydrogens (primary N) is 1. The predicted octanol–water partition coefficient (Wildman–Crippen LogP) is 1.05. The van der Waals surface area contributed by atoms with Gasteiger partial charge in [0.15, 0.2) is 0 Å². The van der Waals surface area contributed by atoms with E-state index in [1.54, 1.807) is 0 Å². The highest BCUT2D eigenvalue weighted by Crippen LogP contribution is 2.14. The summed E-state index contributed by atoms with van der Waals surface area (Å²) >= 11 is 0. The topological polar surface area (TPSA) is 61.7 Å². The second-order valence-electron chi connectivity index (χ2n) is 4.41. The van der Waals surface area contributed by atoms with Crippen molar-refractivity contribution in [3.8, 4) is 0 Å². The average Bonchev–Trinajstić information content (AvgIpc) is 2.69. The molecular weight excluding hydrogens is 214 g/mol. The van der Waals surface area contributed by atoms with Crippen molar-refractivity contribution < 1.29 is 0 Å². The molecule has 0 saturated heterocycles. The van der Waals surface area contributed by atoms with Crippen molar-refractivity contribution in [2.75, 3.05) is 0 Å². The maximum absolute atomic E-state index is 5.72. The van der Waals surface area contributed by atoms with Gasteiger partial charge in [0.1, 0.15) is 0 Å². The van der Waals surface area contributed by atoms with Crippen LogP contribution in [0.4, 0.5) is 0 Å². The van der Waals surface area contributed by atoms with Crippen LogP contribution >= 0.6 is 0 Å². The second kappa shape index (κ2) is 4.33. The normalized spacial score (nSPS) is 11.1. The van der Waals surface area contributed by atoms with Crippen molar-refractivity contribution in [1.82, 2.24) is 19.6 Å². The van der Waals surface area contributed by atoms with Crippen LogP contribution in [0, 0.1) is 20.8 Å². The summed E-state index contributed by atoms with van der Waals surface area (Å²) in [5.41, 5.74) is 11.2. The molecule has 5 heteroatoms. The van der Waals surface area contributed by atoms with E-state index < -0.39 is 0 Å². The van der Waals surface area contributed by atoms with Gasteiger partial charge in [-0.1, -0.05) is 0 Å². The fourth-order valence-corrected chi connectivity index (χ4v) is 2.15. The zero-order valence-electron chi connectivity index (χ0n) is 10.9. The Labute approximate surface area is 101 Å². The molecule has 2 heterocycles. The van der Waals surface area contributed by atoms with Gasteiger partial charge < -0.3 is 5.73 Å². The van der Waals surface area contributed by atoms with E-state index in [4.69, 9.17) is 5.73 Å². The number of rotatable bonds is 3. The van der Waals surface area contributed by atoms with E-state index in [2.05, 4.69) is 23.2 Å². The molecule has 2 rings (SSSR count). The number of aromatic nitrogens is 4. The summed E-state index contributed by atoms with van der Waals surface area (Å²) in [7, 11) is 1.96. The molecule has 5 nitrogen and oxygen atoms in total. The monoisotopic (exact) mass is 233 g/mol. The minimum absolute atomic E-state index is 0.544. The van der Waals surface area contributed by atoms with Crippen molar-refractivity contribution >= 4 is 0 Å². The van der Waals surface area contributed by atoms with E-state index in [-0.39, 0.29) is 0 Å². The van der Waals surface area contributed by atoms with Crippen LogP contribution in [0.2, 0.25) is 0 Å². The largest absolute Gasteiger partial charge is 0.326 e. The molecule has 0 saturated carbocycles. The van der Waals surface area contributed by atoms with E-state index in [1.165, 1.54) is 0 Å². The smallest absolute Gasteiger partial charge is 0.0831 e. The van der Waals surface area contributed by atoms with Crippen molar-refractivity contribution in [2.24, 2.45) is 12.8 Å². The molecule has 2 aromatic heterocycles. The first-order chi connectivity index (χ1) is 8.02. The summed E-state index contributed by atoms with van der Waals surface area (Å²) in [6, 6.07) is 2.08. The van der Waals surface area contributed by atoms with Gasteiger partial charge in [-0.2, -0.15) is 10.2 Å². The minimum atomic E-state index is 0.544. The van der Waals surface area contributed by atoms with E-state index in [0.29, 0.717) is 6.54 Å². The van der Waals surface area contributed by atoms with Crippen molar-refractivity contribution in [1.29, 1.82) is 0 Å². The summed E-state index contributed by atoms with van der Waals surface area (Å²) in [6.45, 7) is 7.34. The summed E-state index contributed by atoms with van der Waals surface area (Å²) < 4.78 is 3.89. The van der Waals surface area contributed by atoms with Gasteiger partial charge in [0.2, 0.25) is 0 Å². The molecule has 0 bridgehead atoms. The third kappa shape index (κ3) is 2.10. The van der Waals surface area contributed by atoms with E-state index in [0.717, 1.165) is 34.9 Å². The van der Waals surface area contributed by atoms with Crippen molar-refractivity contribution in [2.45, 2.75) is 33.9 Å². The Morgan fingerprint density at radius 3 is 2.41 bits per heavy atom. The summed E-state index contributed by atoms with van der Waals surface area (Å²) in [5.74, 6) is 0. The zero-order chi connectivity index (χ0) is 12.6. The quantitative estimate of drug-likeness (QED) is 0.862. The molecule has 0 unspecified atom stereocenters. The lowest BCUT2D eigenvalue weighted by atomic mass is 10.2. The van der Waals surface area contributed by atoms with Crippen LogP contribution in [-0.4, -0.2) is 19.6 Å². The number of aryl methyl sites for hydroxylation is 3. The first-order valence-electron chi connectivity index (χ1n) is 5.75. The average molecular weight is 233 g/mol. The zero-order valence-corrected chi connectivity index (χ0v) is 10.9. The van der Waals surface area contributed by atoms with E-state index in [9.17, 15) is 0 Å². The molecule has 0 atom stereocenters. The summed E-state index contributed by atoms with van der Waals surface area (Å²) in [5, 5.41) is 8.86.